The van der Waals surface area contributed by atoms with Crippen molar-refractivity contribution in [3.8, 4) is 11.8 Å². The Balaban J connectivity index is 4.07. The Morgan fingerprint density at radius 2 is 2.27 bits per heavy atom. The van der Waals surface area contributed by atoms with Crippen molar-refractivity contribution in [1.29, 1.82) is 0 Å². The zero-order chi connectivity index (χ0) is 8.85. The molecule has 2 nitrogen and oxygen atoms in total. The van der Waals surface area contributed by atoms with E-state index in [1.165, 1.54) is 0 Å². The van der Waals surface area contributed by atoms with Gasteiger partial charge in [-0.15, -0.1) is 5.92 Å². The second kappa shape index (κ2) is 5.42. The van der Waals surface area contributed by atoms with Crippen LogP contribution in [-0.4, -0.2) is 9.83 Å². The van der Waals surface area contributed by atoms with Gasteiger partial charge in [-0.05, 0) is 6.92 Å². The number of carbonyl (C=O) groups is 1. The second-order valence-corrected chi connectivity index (χ2v) is 4.31. The van der Waals surface area contributed by atoms with Gasteiger partial charge in [-0.25, -0.2) is 0 Å². The highest BCUT2D eigenvalue weighted by molar-refractivity contribution is 14.1. The van der Waals surface area contributed by atoms with E-state index in [4.69, 9.17) is 5.73 Å². The minimum Gasteiger partial charge on any atom is -0.370 e. The Kier molecular flexibility index (Phi) is 5.30. The van der Waals surface area contributed by atoms with E-state index in [1.54, 1.807) is 6.92 Å². The first-order chi connectivity index (χ1) is 5.07. The first-order valence-corrected chi connectivity index (χ1v) is 4.67. The van der Waals surface area contributed by atoms with Crippen molar-refractivity contribution in [3.63, 3.8) is 0 Å². The third-order valence-corrected chi connectivity index (χ3v) is 2.17. The summed E-state index contributed by atoms with van der Waals surface area (Å²) in [7, 11) is 0. The summed E-state index contributed by atoms with van der Waals surface area (Å²) in [4.78, 5) is 10.5. The monoisotopic (exact) mass is 265 g/mol. The smallest absolute Gasteiger partial charge is 0.218 e. The third-order valence-electron chi connectivity index (χ3n) is 1.31. The van der Waals surface area contributed by atoms with Crippen LogP contribution in [0.25, 0.3) is 0 Å². The molecule has 2 unspecified atom stereocenters. The maximum Gasteiger partial charge on any atom is 0.218 e. The van der Waals surface area contributed by atoms with E-state index in [1.807, 2.05) is 6.92 Å². The lowest BCUT2D eigenvalue weighted by molar-refractivity contribution is -0.118. The standard InChI is InChI=1S/C8H12INO/c1-3-4-7(6(2)9)5-8(10)11/h6-7H,5H2,1-2H3,(H2,10,11). The molecule has 0 radical (unpaired) electrons. The molecule has 1 amide bonds. The van der Waals surface area contributed by atoms with Gasteiger partial charge in [-0.3, -0.25) is 4.79 Å². The predicted molar refractivity (Wildman–Crippen MR) is 54.2 cm³/mol. The Hall–Kier alpha value is -0.240. The van der Waals surface area contributed by atoms with Gasteiger partial charge in [-0.2, -0.15) is 0 Å². The van der Waals surface area contributed by atoms with Crippen molar-refractivity contribution in [2.45, 2.75) is 24.2 Å². The van der Waals surface area contributed by atoms with Crippen LogP contribution in [0, 0.1) is 17.8 Å². The normalized spacial score (nSPS) is 14.5. The molecule has 0 saturated heterocycles. The maximum absolute atomic E-state index is 10.5. The number of rotatable bonds is 3. The molecule has 0 aromatic heterocycles. The van der Waals surface area contributed by atoms with Gasteiger partial charge in [0.25, 0.3) is 0 Å². The largest absolute Gasteiger partial charge is 0.370 e. The van der Waals surface area contributed by atoms with Gasteiger partial charge in [0.05, 0.1) is 0 Å². The lowest BCUT2D eigenvalue weighted by Gasteiger charge is -2.09. The van der Waals surface area contributed by atoms with E-state index in [9.17, 15) is 4.79 Å². The van der Waals surface area contributed by atoms with Gasteiger partial charge < -0.3 is 5.73 Å². The summed E-state index contributed by atoms with van der Waals surface area (Å²) in [5, 5.41) is 0. The maximum atomic E-state index is 10.5. The van der Waals surface area contributed by atoms with Crippen LogP contribution in [0.2, 0.25) is 0 Å². The first kappa shape index (κ1) is 10.8. The van der Waals surface area contributed by atoms with Crippen LogP contribution in [0.15, 0.2) is 0 Å². The quantitative estimate of drug-likeness (QED) is 0.467. The summed E-state index contributed by atoms with van der Waals surface area (Å²) in [5.41, 5.74) is 5.05. The van der Waals surface area contributed by atoms with Crippen LogP contribution in [0.1, 0.15) is 20.3 Å². The molecule has 0 aromatic rings. The molecule has 0 aliphatic carbocycles. The number of halogens is 1. The molecule has 0 aliphatic rings. The minimum absolute atomic E-state index is 0.109. The molecule has 0 aromatic carbocycles. The highest BCUT2D eigenvalue weighted by Gasteiger charge is 2.13. The Morgan fingerprint density at radius 1 is 1.73 bits per heavy atom. The molecule has 0 saturated carbocycles. The summed E-state index contributed by atoms with van der Waals surface area (Å²) in [5.74, 6) is 5.58. The van der Waals surface area contributed by atoms with Crippen LogP contribution >= 0.6 is 22.6 Å². The molecule has 0 aliphatic heterocycles. The van der Waals surface area contributed by atoms with Crippen molar-refractivity contribution in [1.82, 2.24) is 0 Å². The second-order valence-electron chi connectivity index (χ2n) is 2.35. The van der Waals surface area contributed by atoms with Gasteiger partial charge in [0.15, 0.2) is 0 Å². The molecular formula is C8H12INO. The van der Waals surface area contributed by atoms with Crippen LogP contribution < -0.4 is 5.73 Å². The zero-order valence-corrected chi connectivity index (χ0v) is 8.88. The van der Waals surface area contributed by atoms with Crippen molar-refractivity contribution < 1.29 is 4.79 Å². The van der Waals surface area contributed by atoms with Crippen molar-refractivity contribution in [2.24, 2.45) is 11.7 Å². The molecule has 0 bridgehead atoms. The van der Waals surface area contributed by atoms with Crippen LogP contribution in [0.4, 0.5) is 0 Å². The fourth-order valence-corrected chi connectivity index (χ4v) is 1.16. The fraction of sp³-hybridized carbons (Fsp3) is 0.625. The molecule has 2 atom stereocenters. The molecule has 0 heterocycles. The van der Waals surface area contributed by atoms with Gasteiger partial charge in [-0.1, -0.05) is 35.4 Å². The molecule has 0 spiro atoms. The van der Waals surface area contributed by atoms with E-state index in [-0.39, 0.29) is 11.8 Å². The summed E-state index contributed by atoms with van der Waals surface area (Å²) < 4.78 is 0.368. The molecule has 62 valence electrons. The molecule has 0 rings (SSSR count). The Bertz CT molecular complexity index is 190. The van der Waals surface area contributed by atoms with Crippen molar-refractivity contribution in [2.75, 3.05) is 0 Å². The van der Waals surface area contributed by atoms with Gasteiger partial charge >= 0.3 is 0 Å². The van der Waals surface area contributed by atoms with E-state index in [2.05, 4.69) is 34.4 Å². The van der Waals surface area contributed by atoms with Gasteiger partial charge in [0.2, 0.25) is 5.91 Å². The van der Waals surface area contributed by atoms with Gasteiger partial charge in [0, 0.05) is 16.3 Å². The van der Waals surface area contributed by atoms with E-state index >= 15 is 0 Å². The van der Waals surface area contributed by atoms with Crippen LogP contribution in [-0.2, 0) is 4.79 Å². The van der Waals surface area contributed by atoms with E-state index in [0.717, 1.165) is 0 Å². The number of primary amides is 1. The Labute approximate surface area is 81.1 Å². The summed E-state index contributed by atoms with van der Waals surface area (Å²) >= 11 is 2.25. The van der Waals surface area contributed by atoms with Crippen LogP contribution in [0.5, 0.6) is 0 Å². The van der Waals surface area contributed by atoms with Crippen LogP contribution in [0.3, 0.4) is 0 Å². The average Bonchev–Trinajstić information content (AvgIpc) is 1.86. The molecule has 11 heavy (non-hydrogen) atoms. The van der Waals surface area contributed by atoms with Gasteiger partial charge in [0.1, 0.15) is 0 Å². The molecular weight excluding hydrogens is 253 g/mol. The topological polar surface area (TPSA) is 43.1 Å². The predicted octanol–water partition coefficient (Wildman–Crippen LogP) is 1.32. The van der Waals surface area contributed by atoms with Crippen molar-refractivity contribution >= 4 is 28.5 Å². The Morgan fingerprint density at radius 3 is 2.55 bits per heavy atom. The lowest BCUT2D eigenvalue weighted by Crippen LogP contribution is -2.19. The zero-order valence-electron chi connectivity index (χ0n) is 6.73. The number of hydrogen-bond donors (Lipinski definition) is 1. The van der Waals surface area contributed by atoms with E-state index < -0.39 is 0 Å². The number of nitrogens with two attached hydrogens (primary N) is 1. The number of alkyl halides is 1. The van der Waals surface area contributed by atoms with Crippen molar-refractivity contribution in [3.05, 3.63) is 0 Å². The summed E-state index contributed by atoms with van der Waals surface area (Å²) in [6, 6.07) is 0. The summed E-state index contributed by atoms with van der Waals surface area (Å²) in [6.45, 7) is 3.80. The average molecular weight is 265 g/mol. The van der Waals surface area contributed by atoms with E-state index in [0.29, 0.717) is 10.3 Å². The molecule has 2 N–H and O–H groups in total. The summed E-state index contributed by atoms with van der Waals surface area (Å²) in [6.07, 6.45) is 0.366. The SMILES string of the molecule is CC#CC(CC(N)=O)C(C)I. The number of amides is 1. The molecule has 3 heteroatoms. The highest BCUT2D eigenvalue weighted by atomic mass is 127. The number of carbonyl (C=O) groups excluding carboxylic acids is 1. The number of hydrogen-bond acceptors (Lipinski definition) is 1. The third kappa shape index (κ3) is 5.08. The molecule has 0 fully saturated rings. The first-order valence-electron chi connectivity index (χ1n) is 3.42. The highest BCUT2D eigenvalue weighted by Crippen LogP contribution is 2.15. The lowest BCUT2D eigenvalue weighted by atomic mass is 10.0. The minimum atomic E-state index is -0.277. The fourth-order valence-electron chi connectivity index (χ4n) is 0.730.